The van der Waals surface area contributed by atoms with E-state index in [2.05, 4.69) is 39.0 Å². The summed E-state index contributed by atoms with van der Waals surface area (Å²) in [6, 6.07) is 6.24. The Morgan fingerprint density at radius 1 is 1.25 bits per heavy atom. The Morgan fingerprint density at radius 3 is 2.25 bits per heavy atom. The second-order valence-corrected chi connectivity index (χ2v) is 6.63. The first-order valence-corrected chi connectivity index (χ1v) is 7.98. The molecule has 1 aliphatic carbocycles. The van der Waals surface area contributed by atoms with Crippen molar-refractivity contribution < 1.29 is 5.11 Å². The summed E-state index contributed by atoms with van der Waals surface area (Å²) in [6.45, 7) is 7.03. The zero-order valence-electron chi connectivity index (χ0n) is 13.2. The van der Waals surface area contributed by atoms with Crippen molar-refractivity contribution in [3.8, 4) is 0 Å². The highest BCUT2D eigenvalue weighted by Gasteiger charge is 2.41. The van der Waals surface area contributed by atoms with Crippen molar-refractivity contribution in [1.29, 1.82) is 0 Å². The second-order valence-electron chi connectivity index (χ2n) is 6.63. The van der Waals surface area contributed by atoms with E-state index in [9.17, 15) is 5.11 Å². The van der Waals surface area contributed by atoms with Crippen molar-refractivity contribution in [1.82, 2.24) is 0 Å². The Bertz CT molecular complexity index is 426. The van der Waals surface area contributed by atoms with Crippen LogP contribution in [-0.4, -0.2) is 11.7 Å². The third kappa shape index (κ3) is 2.77. The average molecular weight is 275 g/mol. The molecular weight excluding hydrogens is 246 g/mol. The van der Waals surface area contributed by atoms with Crippen LogP contribution in [-0.2, 0) is 0 Å². The lowest BCUT2D eigenvalue weighted by molar-refractivity contribution is -0.0110. The molecule has 1 unspecified atom stereocenters. The zero-order valence-corrected chi connectivity index (χ0v) is 13.2. The second kappa shape index (κ2) is 6.28. The normalized spacial score (nSPS) is 28.4. The van der Waals surface area contributed by atoms with E-state index in [1.165, 1.54) is 30.4 Å². The van der Waals surface area contributed by atoms with Gasteiger partial charge >= 0.3 is 0 Å². The van der Waals surface area contributed by atoms with Gasteiger partial charge in [0.1, 0.15) is 0 Å². The standard InChI is InChI=1S/C18H29NO/c1-4-15-8-10-18(12-19,11-9-15)17(20)16-13(2)6-5-7-14(16)3/h5-7,15,17,20H,4,8-12,19H2,1-3H3. The molecule has 3 N–H and O–H groups in total. The van der Waals surface area contributed by atoms with E-state index in [0.717, 1.165) is 24.3 Å². The Kier molecular flexibility index (Phi) is 4.87. The first kappa shape index (κ1) is 15.5. The largest absolute Gasteiger partial charge is 0.388 e. The van der Waals surface area contributed by atoms with E-state index >= 15 is 0 Å². The number of aliphatic hydroxyl groups excluding tert-OH is 1. The van der Waals surface area contributed by atoms with Gasteiger partial charge in [0.25, 0.3) is 0 Å². The summed E-state index contributed by atoms with van der Waals surface area (Å²) < 4.78 is 0. The van der Waals surface area contributed by atoms with Crippen molar-refractivity contribution in [2.75, 3.05) is 6.54 Å². The van der Waals surface area contributed by atoms with Crippen LogP contribution < -0.4 is 5.73 Å². The molecule has 0 amide bonds. The van der Waals surface area contributed by atoms with Gasteiger partial charge in [0.05, 0.1) is 6.10 Å². The summed E-state index contributed by atoms with van der Waals surface area (Å²) in [6.07, 6.45) is 5.34. The van der Waals surface area contributed by atoms with Crippen molar-refractivity contribution in [3.05, 3.63) is 34.9 Å². The maximum Gasteiger partial charge on any atom is 0.0863 e. The molecule has 1 aromatic carbocycles. The number of rotatable bonds is 4. The minimum absolute atomic E-state index is 0.122. The van der Waals surface area contributed by atoms with Crippen molar-refractivity contribution in [3.63, 3.8) is 0 Å². The molecule has 1 saturated carbocycles. The van der Waals surface area contributed by atoms with E-state index in [1.807, 2.05) is 0 Å². The summed E-state index contributed by atoms with van der Waals surface area (Å²) in [5.74, 6) is 0.819. The molecule has 2 rings (SSSR count). The maximum atomic E-state index is 11.0. The van der Waals surface area contributed by atoms with Gasteiger partial charge in [-0.15, -0.1) is 0 Å². The predicted molar refractivity (Wildman–Crippen MR) is 84.6 cm³/mol. The van der Waals surface area contributed by atoms with Gasteiger partial charge in [-0.2, -0.15) is 0 Å². The molecule has 0 saturated heterocycles. The summed E-state index contributed by atoms with van der Waals surface area (Å²) >= 11 is 0. The summed E-state index contributed by atoms with van der Waals surface area (Å²) in [5.41, 5.74) is 9.45. The Labute approximate surface area is 123 Å². The molecule has 20 heavy (non-hydrogen) atoms. The third-order valence-corrected chi connectivity index (χ3v) is 5.48. The van der Waals surface area contributed by atoms with Gasteiger partial charge in [-0.05, 0) is 62.1 Å². The number of nitrogens with two attached hydrogens (primary N) is 1. The Morgan fingerprint density at radius 2 is 1.80 bits per heavy atom. The van der Waals surface area contributed by atoms with Crippen LogP contribution in [0.25, 0.3) is 0 Å². The van der Waals surface area contributed by atoms with Gasteiger partial charge in [0, 0.05) is 12.0 Å². The van der Waals surface area contributed by atoms with Crippen LogP contribution in [0.5, 0.6) is 0 Å². The SMILES string of the molecule is CCC1CCC(CN)(C(O)c2c(C)cccc2C)CC1. The van der Waals surface area contributed by atoms with E-state index in [4.69, 9.17) is 5.73 Å². The van der Waals surface area contributed by atoms with Crippen molar-refractivity contribution in [2.24, 2.45) is 17.1 Å². The molecule has 1 fully saturated rings. The van der Waals surface area contributed by atoms with Crippen molar-refractivity contribution >= 4 is 0 Å². The smallest absolute Gasteiger partial charge is 0.0863 e. The first-order chi connectivity index (χ1) is 9.54. The van der Waals surface area contributed by atoms with Gasteiger partial charge in [-0.25, -0.2) is 0 Å². The summed E-state index contributed by atoms with van der Waals surface area (Å²) in [5, 5.41) is 11.0. The molecule has 1 aromatic rings. The van der Waals surface area contributed by atoms with Crippen LogP contribution in [0.15, 0.2) is 18.2 Å². The van der Waals surface area contributed by atoms with Crippen LogP contribution in [0.4, 0.5) is 0 Å². The lowest BCUT2D eigenvalue weighted by Gasteiger charge is -2.43. The van der Waals surface area contributed by atoms with Gasteiger partial charge in [-0.3, -0.25) is 0 Å². The molecule has 0 bridgehead atoms. The van der Waals surface area contributed by atoms with Crippen LogP contribution in [0.3, 0.4) is 0 Å². The highest BCUT2D eigenvalue weighted by molar-refractivity contribution is 5.36. The Balaban J connectivity index is 2.28. The molecule has 1 atom stereocenters. The van der Waals surface area contributed by atoms with E-state index in [-0.39, 0.29) is 5.41 Å². The molecular formula is C18H29NO. The number of aliphatic hydroxyl groups is 1. The fraction of sp³-hybridized carbons (Fsp3) is 0.667. The minimum atomic E-state index is -0.425. The zero-order chi connectivity index (χ0) is 14.8. The molecule has 0 heterocycles. The maximum absolute atomic E-state index is 11.0. The summed E-state index contributed by atoms with van der Waals surface area (Å²) in [7, 11) is 0. The lowest BCUT2D eigenvalue weighted by Crippen LogP contribution is -2.40. The molecule has 0 aromatic heterocycles. The lowest BCUT2D eigenvalue weighted by atomic mass is 9.64. The molecule has 0 spiro atoms. The number of hydrogen-bond acceptors (Lipinski definition) is 2. The van der Waals surface area contributed by atoms with E-state index in [1.54, 1.807) is 0 Å². The highest BCUT2D eigenvalue weighted by atomic mass is 16.3. The molecule has 0 radical (unpaired) electrons. The molecule has 1 aliphatic rings. The molecule has 2 nitrogen and oxygen atoms in total. The molecule has 112 valence electrons. The topological polar surface area (TPSA) is 46.2 Å². The predicted octanol–water partition coefficient (Wildman–Crippen LogP) is 3.88. The number of benzene rings is 1. The number of aryl methyl sites for hydroxylation is 2. The van der Waals surface area contributed by atoms with Crippen molar-refractivity contribution in [2.45, 2.75) is 59.0 Å². The third-order valence-electron chi connectivity index (χ3n) is 5.48. The van der Waals surface area contributed by atoms with Crippen LogP contribution in [0.1, 0.15) is 61.8 Å². The quantitative estimate of drug-likeness (QED) is 0.876. The molecule has 2 heteroatoms. The first-order valence-electron chi connectivity index (χ1n) is 7.98. The minimum Gasteiger partial charge on any atom is -0.388 e. The van der Waals surface area contributed by atoms with Gasteiger partial charge < -0.3 is 10.8 Å². The van der Waals surface area contributed by atoms with E-state index < -0.39 is 6.10 Å². The highest BCUT2D eigenvalue weighted by Crippen LogP contribution is 2.48. The van der Waals surface area contributed by atoms with E-state index in [0.29, 0.717) is 6.54 Å². The van der Waals surface area contributed by atoms with Gasteiger partial charge in [-0.1, -0.05) is 31.5 Å². The fourth-order valence-electron chi connectivity index (χ4n) is 3.81. The average Bonchev–Trinajstić information content (AvgIpc) is 2.47. The monoisotopic (exact) mass is 275 g/mol. The molecule has 0 aliphatic heterocycles. The number of hydrogen-bond donors (Lipinski definition) is 2. The summed E-state index contributed by atoms with van der Waals surface area (Å²) in [4.78, 5) is 0. The fourth-order valence-corrected chi connectivity index (χ4v) is 3.81. The van der Waals surface area contributed by atoms with Gasteiger partial charge in [0.15, 0.2) is 0 Å². The van der Waals surface area contributed by atoms with Crippen LogP contribution in [0.2, 0.25) is 0 Å². The van der Waals surface area contributed by atoms with Gasteiger partial charge in [0.2, 0.25) is 0 Å². The van der Waals surface area contributed by atoms with Crippen LogP contribution >= 0.6 is 0 Å². The Hall–Kier alpha value is -0.860. The van der Waals surface area contributed by atoms with Crippen LogP contribution in [0, 0.1) is 25.2 Å².